The molecule has 0 unspecified atom stereocenters. The van der Waals surface area contributed by atoms with Gasteiger partial charge in [-0.05, 0) is 63.1 Å². The van der Waals surface area contributed by atoms with Crippen LogP contribution in [-0.2, 0) is 4.74 Å². The molecule has 1 saturated heterocycles. The van der Waals surface area contributed by atoms with E-state index >= 15 is 0 Å². The first kappa shape index (κ1) is 21.9. The van der Waals surface area contributed by atoms with Gasteiger partial charge in [0.2, 0.25) is 0 Å². The van der Waals surface area contributed by atoms with Crippen LogP contribution in [0.2, 0.25) is 0 Å². The third kappa shape index (κ3) is 6.91. The van der Waals surface area contributed by atoms with Crippen LogP contribution in [0.15, 0.2) is 24.3 Å². The number of para-hydroxylation sites is 1. The molecule has 1 aliphatic carbocycles. The lowest BCUT2D eigenvalue weighted by atomic mass is 9.84. The zero-order valence-electron chi connectivity index (χ0n) is 18.1. The average Bonchev–Trinajstić information content (AvgIpc) is 2.77. The maximum absolute atomic E-state index is 11.8. The van der Waals surface area contributed by atoms with Crippen molar-refractivity contribution in [3.8, 4) is 5.75 Å². The Balaban J connectivity index is 1.29. The fraction of sp³-hybridized carbons (Fsp3) is 0.708. The molecule has 5 nitrogen and oxygen atoms in total. The molecule has 0 spiro atoms. The van der Waals surface area contributed by atoms with Crippen LogP contribution in [-0.4, -0.2) is 61.8 Å². The summed E-state index contributed by atoms with van der Waals surface area (Å²) in [5, 5.41) is 0. The van der Waals surface area contributed by atoms with Gasteiger partial charge in [0.15, 0.2) is 0 Å². The van der Waals surface area contributed by atoms with Crippen molar-refractivity contribution in [3.63, 3.8) is 0 Å². The summed E-state index contributed by atoms with van der Waals surface area (Å²) < 4.78 is 11.3. The predicted octanol–water partition coefficient (Wildman–Crippen LogP) is 5.06. The molecular weight excluding hydrogens is 364 g/mol. The van der Waals surface area contributed by atoms with E-state index in [9.17, 15) is 4.79 Å². The number of amides is 1. The van der Waals surface area contributed by atoms with Crippen LogP contribution in [0.5, 0.6) is 5.75 Å². The van der Waals surface area contributed by atoms with Crippen LogP contribution < -0.4 is 4.74 Å². The third-order valence-electron chi connectivity index (χ3n) is 6.24. The Bertz CT molecular complexity index is 608. The minimum atomic E-state index is -0.169. The number of benzene rings is 1. The van der Waals surface area contributed by atoms with E-state index in [2.05, 4.69) is 29.2 Å². The summed E-state index contributed by atoms with van der Waals surface area (Å²) in [4.78, 5) is 16.0. The molecule has 1 aliphatic heterocycles. The number of piperazine rings is 1. The maximum Gasteiger partial charge on any atom is 0.409 e. The van der Waals surface area contributed by atoms with Gasteiger partial charge in [0, 0.05) is 26.2 Å². The lowest BCUT2D eigenvalue weighted by Crippen LogP contribution is -2.49. The molecule has 1 heterocycles. The Morgan fingerprint density at radius 1 is 1.00 bits per heavy atom. The molecule has 0 radical (unpaired) electrons. The second-order valence-electron chi connectivity index (χ2n) is 8.31. The molecule has 5 heteroatoms. The molecule has 2 fully saturated rings. The van der Waals surface area contributed by atoms with Crippen molar-refractivity contribution >= 4 is 6.09 Å². The summed E-state index contributed by atoms with van der Waals surface area (Å²) >= 11 is 0. The first-order chi connectivity index (χ1) is 14.3. The summed E-state index contributed by atoms with van der Waals surface area (Å²) in [5.74, 6) is 1.79. The number of hydrogen-bond acceptors (Lipinski definition) is 4. The van der Waals surface area contributed by atoms with Gasteiger partial charge in [-0.3, -0.25) is 4.90 Å². The van der Waals surface area contributed by atoms with Crippen LogP contribution in [0.1, 0.15) is 69.8 Å². The van der Waals surface area contributed by atoms with E-state index in [0.29, 0.717) is 12.5 Å². The van der Waals surface area contributed by atoms with Gasteiger partial charge in [-0.2, -0.15) is 0 Å². The Labute approximate surface area is 176 Å². The summed E-state index contributed by atoms with van der Waals surface area (Å²) in [6.07, 6.45) is 10.0. The molecule has 1 amide bonds. The highest BCUT2D eigenvalue weighted by Crippen LogP contribution is 2.37. The molecule has 29 heavy (non-hydrogen) atoms. The molecule has 0 bridgehead atoms. The molecule has 1 aromatic rings. The van der Waals surface area contributed by atoms with Crippen LogP contribution in [0.4, 0.5) is 4.79 Å². The SMILES string of the molecule is CCOC(=O)N1CCN(CCCCCOc2ccccc2C2CCCCC2)CC1. The molecule has 1 saturated carbocycles. The van der Waals surface area contributed by atoms with E-state index in [-0.39, 0.29) is 6.09 Å². The van der Waals surface area contributed by atoms with E-state index in [1.54, 1.807) is 0 Å². The van der Waals surface area contributed by atoms with E-state index in [1.165, 1.54) is 50.5 Å². The first-order valence-corrected chi connectivity index (χ1v) is 11.6. The van der Waals surface area contributed by atoms with E-state index in [4.69, 9.17) is 9.47 Å². The Hall–Kier alpha value is -1.75. The predicted molar refractivity (Wildman–Crippen MR) is 117 cm³/mol. The fourth-order valence-electron chi connectivity index (χ4n) is 4.53. The molecular formula is C24H38N2O3. The van der Waals surface area contributed by atoms with E-state index < -0.39 is 0 Å². The van der Waals surface area contributed by atoms with Crippen LogP contribution in [0.25, 0.3) is 0 Å². The topological polar surface area (TPSA) is 42.0 Å². The minimum Gasteiger partial charge on any atom is -0.493 e. The van der Waals surface area contributed by atoms with Gasteiger partial charge in [0.05, 0.1) is 13.2 Å². The largest absolute Gasteiger partial charge is 0.493 e. The van der Waals surface area contributed by atoms with Crippen LogP contribution in [0, 0.1) is 0 Å². The smallest absolute Gasteiger partial charge is 0.409 e. The minimum absolute atomic E-state index is 0.169. The van der Waals surface area contributed by atoms with Gasteiger partial charge in [0.25, 0.3) is 0 Å². The zero-order chi connectivity index (χ0) is 20.3. The summed E-state index contributed by atoms with van der Waals surface area (Å²) in [6.45, 7) is 7.67. The molecule has 3 rings (SSSR count). The number of ether oxygens (including phenoxy) is 2. The number of rotatable bonds is 9. The van der Waals surface area contributed by atoms with Crippen molar-refractivity contribution in [2.24, 2.45) is 0 Å². The summed E-state index contributed by atoms with van der Waals surface area (Å²) in [5.41, 5.74) is 1.42. The van der Waals surface area contributed by atoms with E-state index in [1.807, 2.05) is 11.8 Å². The summed E-state index contributed by atoms with van der Waals surface area (Å²) in [7, 11) is 0. The van der Waals surface area contributed by atoms with Crippen LogP contribution in [0.3, 0.4) is 0 Å². The lowest BCUT2D eigenvalue weighted by Gasteiger charge is -2.34. The number of unbranched alkanes of at least 4 members (excludes halogenated alkanes) is 2. The number of carbonyl (C=O) groups excluding carboxylic acids is 1. The second kappa shape index (κ2) is 12.1. The number of nitrogens with zero attached hydrogens (tertiary/aromatic N) is 2. The standard InChI is InChI=1S/C24H38N2O3/c1-2-28-24(27)26-18-16-25(17-19-26)15-9-4-10-20-29-23-14-8-7-13-22(23)21-11-5-3-6-12-21/h7-8,13-14,21H,2-6,9-12,15-20H2,1H3. The van der Waals surface area contributed by atoms with Crippen molar-refractivity contribution in [3.05, 3.63) is 29.8 Å². The van der Waals surface area contributed by atoms with Crippen molar-refractivity contribution in [1.29, 1.82) is 0 Å². The number of hydrogen-bond donors (Lipinski definition) is 0. The lowest BCUT2D eigenvalue weighted by molar-refractivity contribution is 0.0791. The number of carbonyl (C=O) groups is 1. The molecule has 1 aromatic carbocycles. The second-order valence-corrected chi connectivity index (χ2v) is 8.31. The van der Waals surface area contributed by atoms with Crippen LogP contribution >= 0.6 is 0 Å². The van der Waals surface area contributed by atoms with E-state index in [0.717, 1.165) is 51.5 Å². The average molecular weight is 403 g/mol. The van der Waals surface area contributed by atoms with Gasteiger partial charge in [-0.1, -0.05) is 37.5 Å². The highest BCUT2D eigenvalue weighted by Gasteiger charge is 2.21. The summed E-state index contributed by atoms with van der Waals surface area (Å²) in [6, 6.07) is 8.66. The quantitative estimate of drug-likeness (QED) is 0.542. The highest BCUT2D eigenvalue weighted by atomic mass is 16.6. The monoisotopic (exact) mass is 402 g/mol. The van der Waals surface area contributed by atoms with Gasteiger partial charge >= 0.3 is 6.09 Å². The Kier molecular flexibility index (Phi) is 9.13. The molecule has 0 N–H and O–H groups in total. The van der Waals surface area contributed by atoms with Gasteiger partial charge in [0.1, 0.15) is 5.75 Å². The van der Waals surface area contributed by atoms with Gasteiger partial charge < -0.3 is 14.4 Å². The molecule has 162 valence electrons. The Morgan fingerprint density at radius 2 is 1.76 bits per heavy atom. The fourth-order valence-corrected chi connectivity index (χ4v) is 4.53. The van der Waals surface area contributed by atoms with Gasteiger partial charge in [-0.15, -0.1) is 0 Å². The normalized spacial score (nSPS) is 18.6. The van der Waals surface area contributed by atoms with Gasteiger partial charge in [-0.25, -0.2) is 4.79 Å². The third-order valence-corrected chi connectivity index (χ3v) is 6.24. The molecule has 0 atom stereocenters. The van der Waals surface area contributed by atoms with Crippen molar-refractivity contribution in [1.82, 2.24) is 9.80 Å². The van der Waals surface area contributed by atoms with Crippen molar-refractivity contribution in [2.45, 2.75) is 64.2 Å². The molecule has 0 aromatic heterocycles. The molecule has 2 aliphatic rings. The highest BCUT2D eigenvalue weighted by molar-refractivity contribution is 5.67. The Morgan fingerprint density at radius 3 is 2.52 bits per heavy atom. The van der Waals surface area contributed by atoms with Crippen molar-refractivity contribution in [2.75, 3.05) is 45.9 Å². The van der Waals surface area contributed by atoms with Crippen molar-refractivity contribution < 1.29 is 14.3 Å². The zero-order valence-corrected chi connectivity index (χ0v) is 18.1. The first-order valence-electron chi connectivity index (χ1n) is 11.6. The maximum atomic E-state index is 11.8.